The van der Waals surface area contributed by atoms with E-state index in [-0.39, 0.29) is 29.9 Å². The maximum atomic E-state index is 12.8. The van der Waals surface area contributed by atoms with Crippen molar-refractivity contribution in [3.8, 4) is 0 Å². The Balaban J connectivity index is 2.62. The summed E-state index contributed by atoms with van der Waals surface area (Å²) in [6.45, 7) is 14.7. The third kappa shape index (κ3) is 8.70. The van der Waals surface area contributed by atoms with Gasteiger partial charge in [-0.1, -0.05) is 19.7 Å². The molecular formula is C29H44O14. The summed E-state index contributed by atoms with van der Waals surface area (Å²) in [5.41, 5.74) is 0.246. The molecule has 9 atom stereocenters. The summed E-state index contributed by atoms with van der Waals surface area (Å²) in [6.07, 6.45) is -8.71. The summed E-state index contributed by atoms with van der Waals surface area (Å²) in [4.78, 5) is 37.8. The molecule has 0 amide bonds. The van der Waals surface area contributed by atoms with Crippen molar-refractivity contribution >= 4 is 17.9 Å². The zero-order valence-electron chi connectivity index (χ0n) is 26.1. The van der Waals surface area contributed by atoms with Gasteiger partial charge < -0.3 is 52.1 Å². The molecule has 0 aliphatic carbocycles. The zero-order valence-corrected chi connectivity index (χ0v) is 26.1. The fourth-order valence-corrected chi connectivity index (χ4v) is 4.72. The molecule has 0 aromatic carbocycles. The van der Waals surface area contributed by atoms with Crippen LogP contribution >= 0.6 is 0 Å². The highest BCUT2D eigenvalue weighted by Crippen LogP contribution is 2.40. The zero-order chi connectivity index (χ0) is 32.5. The van der Waals surface area contributed by atoms with Crippen LogP contribution < -0.4 is 0 Å². The summed E-state index contributed by atoms with van der Waals surface area (Å²) in [6, 6.07) is 0. The van der Waals surface area contributed by atoms with Crippen molar-refractivity contribution in [2.75, 3.05) is 55.4 Å². The van der Waals surface area contributed by atoms with E-state index in [1.165, 1.54) is 56.3 Å². The van der Waals surface area contributed by atoms with Gasteiger partial charge in [0.15, 0.2) is 18.5 Å². The Bertz CT molecular complexity index is 1030. The van der Waals surface area contributed by atoms with E-state index in [1.54, 1.807) is 0 Å². The molecule has 0 saturated carbocycles. The first-order valence-corrected chi connectivity index (χ1v) is 13.4. The van der Waals surface area contributed by atoms with Crippen LogP contribution in [0.4, 0.5) is 0 Å². The molecule has 2 saturated heterocycles. The lowest BCUT2D eigenvalue weighted by atomic mass is 9.97. The summed E-state index contributed by atoms with van der Waals surface area (Å²) in [5.74, 6) is -4.00. The lowest BCUT2D eigenvalue weighted by molar-refractivity contribution is -0.387. The van der Waals surface area contributed by atoms with Crippen molar-refractivity contribution in [3.63, 3.8) is 0 Å². The molecular weight excluding hydrogens is 572 g/mol. The maximum absolute atomic E-state index is 12.8. The molecule has 0 bridgehead atoms. The maximum Gasteiger partial charge on any atom is 0.333 e. The molecule has 2 aliphatic heterocycles. The van der Waals surface area contributed by atoms with Crippen LogP contribution in [-0.4, -0.2) is 128 Å². The van der Waals surface area contributed by atoms with Crippen LogP contribution in [0.2, 0.25) is 0 Å². The van der Waals surface area contributed by atoms with E-state index in [0.717, 1.165) is 0 Å². The van der Waals surface area contributed by atoms with Crippen molar-refractivity contribution in [3.05, 3.63) is 36.5 Å². The molecule has 2 heterocycles. The van der Waals surface area contributed by atoms with Crippen LogP contribution in [0.15, 0.2) is 36.5 Å². The summed E-state index contributed by atoms with van der Waals surface area (Å²) >= 11 is 0. The fourth-order valence-electron chi connectivity index (χ4n) is 4.72. The van der Waals surface area contributed by atoms with Crippen molar-refractivity contribution < 1.29 is 66.5 Å². The molecule has 0 radical (unpaired) electrons. The molecule has 2 aliphatic rings. The Kier molecular flexibility index (Phi) is 13.9. The first kappa shape index (κ1) is 36.5. The number of hydrogen-bond donors (Lipinski definition) is 0. The van der Waals surface area contributed by atoms with Gasteiger partial charge in [-0.05, 0) is 20.8 Å². The normalized spacial score (nSPS) is 32.1. The van der Waals surface area contributed by atoms with Crippen LogP contribution in [0, 0.1) is 0 Å². The van der Waals surface area contributed by atoms with E-state index in [0.29, 0.717) is 0 Å². The second kappa shape index (κ2) is 16.4. The van der Waals surface area contributed by atoms with E-state index >= 15 is 0 Å². The van der Waals surface area contributed by atoms with Gasteiger partial charge in [0.05, 0.1) is 6.61 Å². The molecule has 244 valence electrons. The SMILES string of the molecule is C=C(C)C(=O)OC[C@H]1O[C@H](O[C@]2(COC)O[C@H](COC)[C@@H](OC)[C@@H]2OC)[C@H](OC)[C@@H](OC(=O)C(=C)C)[C@@H]1OC(=O)C(=C)C. The number of esters is 3. The van der Waals surface area contributed by atoms with E-state index in [9.17, 15) is 14.4 Å². The largest absolute Gasteiger partial charge is 0.459 e. The highest BCUT2D eigenvalue weighted by Gasteiger charge is 2.61. The van der Waals surface area contributed by atoms with Crippen LogP contribution in [0.25, 0.3) is 0 Å². The smallest absolute Gasteiger partial charge is 0.333 e. The number of carbonyl (C=O) groups excluding carboxylic acids is 3. The van der Waals surface area contributed by atoms with Gasteiger partial charge in [0.25, 0.3) is 0 Å². The van der Waals surface area contributed by atoms with Gasteiger partial charge in [0, 0.05) is 52.3 Å². The Hall–Kier alpha value is -2.69. The van der Waals surface area contributed by atoms with Crippen molar-refractivity contribution in [2.24, 2.45) is 0 Å². The quantitative estimate of drug-likeness (QED) is 0.139. The predicted molar refractivity (Wildman–Crippen MR) is 149 cm³/mol. The summed E-state index contributed by atoms with van der Waals surface area (Å²) in [7, 11) is 7.20. The third-order valence-corrected chi connectivity index (χ3v) is 6.74. The first-order valence-electron chi connectivity index (χ1n) is 13.4. The minimum atomic E-state index is -1.65. The van der Waals surface area contributed by atoms with E-state index < -0.39 is 79.3 Å². The minimum absolute atomic E-state index is 0.0612. The van der Waals surface area contributed by atoms with Crippen LogP contribution in [-0.2, 0) is 66.5 Å². The van der Waals surface area contributed by atoms with Crippen LogP contribution in [0.1, 0.15) is 20.8 Å². The molecule has 14 heteroatoms. The van der Waals surface area contributed by atoms with Gasteiger partial charge in [0.2, 0.25) is 5.79 Å². The second-order valence-corrected chi connectivity index (χ2v) is 10.3. The number of methoxy groups -OCH3 is 5. The topological polar surface area (TPSA) is 153 Å². The van der Waals surface area contributed by atoms with Crippen molar-refractivity contribution in [1.29, 1.82) is 0 Å². The van der Waals surface area contributed by atoms with Crippen LogP contribution in [0.5, 0.6) is 0 Å². The minimum Gasteiger partial charge on any atom is -0.459 e. The highest BCUT2D eigenvalue weighted by atomic mass is 16.8. The number of hydrogen-bond acceptors (Lipinski definition) is 14. The number of carbonyl (C=O) groups is 3. The Morgan fingerprint density at radius 3 is 1.70 bits per heavy atom. The van der Waals surface area contributed by atoms with Gasteiger partial charge in [-0.2, -0.15) is 0 Å². The monoisotopic (exact) mass is 616 g/mol. The lowest BCUT2D eigenvalue weighted by Gasteiger charge is -2.47. The molecule has 0 aromatic rings. The van der Waals surface area contributed by atoms with Gasteiger partial charge >= 0.3 is 17.9 Å². The highest BCUT2D eigenvalue weighted by molar-refractivity contribution is 5.88. The molecule has 14 nitrogen and oxygen atoms in total. The Labute approximate surface area is 252 Å². The van der Waals surface area contributed by atoms with E-state index in [2.05, 4.69) is 19.7 Å². The van der Waals surface area contributed by atoms with Gasteiger partial charge in [-0.3, -0.25) is 0 Å². The number of ether oxygens (including phenoxy) is 11. The van der Waals surface area contributed by atoms with Gasteiger partial charge in [-0.15, -0.1) is 0 Å². The summed E-state index contributed by atoms with van der Waals surface area (Å²) < 4.78 is 63.7. The Morgan fingerprint density at radius 1 is 0.674 bits per heavy atom. The van der Waals surface area contributed by atoms with Crippen molar-refractivity contribution in [1.82, 2.24) is 0 Å². The molecule has 0 N–H and O–H groups in total. The average molecular weight is 617 g/mol. The van der Waals surface area contributed by atoms with E-state index in [1.807, 2.05) is 0 Å². The van der Waals surface area contributed by atoms with Crippen LogP contribution in [0.3, 0.4) is 0 Å². The first-order chi connectivity index (χ1) is 20.3. The van der Waals surface area contributed by atoms with Gasteiger partial charge in [0.1, 0.15) is 43.7 Å². The third-order valence-electron chi connectivity index (χ3n) is 6.74. The predicted octanol–water partition coefficient (Wildman–Crippen LogP) is 1.26. The van der Waals surface area contributed by atoms with Crippen molar-refractivity contribution in [2.45, 2.75) is 75.6 Å². The summed E-state index contributed by atoms with van der Waals surface area (Å²) in [5, 5.41) is 0. The standard InChI is InChI=1S/C29H44O14/c1-15(2)25(30)38-13-18-20(40-26(31)16(3)4)22(41-27(32)17(5)6)23(36-10)28(39-18)43-29(14-34-8)24(37-11)21(35-9)19(42-29)12-33-7/h18-24,28H,1,3,5,12-14H2,2,4,6-11H3/t18-,19-,20-,21-,22+,23-,24+,28-,29+/m1/s1. The molecule has 0 spiro atoms. The molecule has 2 fully saturated rings. The number of rotatable bonds is 16. The Morgan fingerprint density at radius 2 is 1.23 bits per heavy atom. The molecule has 43 heavy (non-hydrogen) atoms. The molecule has 0 unspecified atom stereocenters. The lowest BCUT2D eigenvalue weighted by Crippen LogP contribution is -2.65. The average Bonchev–Trinajstić information content (AvgIpc) is 3.24. The molecule has 0 aromatic heterocycles. The van der Waals surface area contributed by atoms with E-state index in [4.69, 9.17) is 52.1 Å². The molecule has 2 rings (SSSR count). The fraction of sp³-hybridized carbons (Fsp3) is 0.690. The van der Waals surface area contributed by atoms with Gasteiger partial charge in [-0.25, -0.2) is 14.4 Å². The second-order valence-electron chi connectivity index (χ2n) is 10.3.